The topological polar surface area (TPSA) is 122 Å². The minimum absolute atomic E-state index is 0.146. The molecule has 1 amide bonds. The molecule has 0 spiro atoms. The van der Waals surface area contributed by atoms with Gasteiger partial charge in [0, 0.05) is 43.0 Å². The van der Waals surface area contributed by atoms with Crippen molar-refractivity contribution in [3.05, 3.63) is 74.6 Å². The maximum atomic E-state index is 14.0. The highest BCUT2D eigenvalue weighted by molar-refractivity contribution is 5.97. The number of aromatic amines is 1. The molecule has 0 aliphatic carbocycles. The number of methoxy groups -OCH3 is 1. The van der Waals surface area contributed by atoms with Gasteiger partial charge in [-0.15, -0.1) is 0 Å². The molecular formula is C26H24FN5O4. The third kappa shape index (κ3) is 3.90. The normalized spacial score (nSPS) is 13.8. The van der Waals surface area contributed by atoms with Crippen molar-refractivity contribution in [2.75, 3.05) is 43.6 Å². The van der Waals surface area contributed by atoms with E-state index in [0.717, 1.165) is 22.2 Å². The summed E-state index contributed by atoms with van der Waals surface area (Å²) in [6.07, 6.45) is 4.27. The summed E-state index contributed by atoms with van der Waals surface area (Å²) in [4.78, 5) is 46.8. The number of amides is 1. The Hall–Kier alpha value is -4.47. The van der Waals surface area contributed by atoms with Gasteiger partial charge in [-0.3, -0.25) is 14.4 Å². The van der Waals surface area contributed by atoms with E-state index >= 15 is 0 Å². The maximum absolute atomic E-state index is 14.0. The minimum atomic E-state index is -0.606. The monoisotopic (exact) mass is 489 g/mol. The summed E-state index contributed by atoms with van der Waals surface area (Å²) >= 11 is 0. The number of H-pyrrole nitrogens is 1. The van der Waals surface area contributed by atoms with Crippen LogP contribution in [0.3, 0.4) is 0 Å². The van der Waals surface area contributed by atoms with E-state index in [1.807, 2.05) is 23.1 Å². The van der Waals surface area contributed by atoms with Crippen LogP contribution in [-0.4, -0.2) is 49.7 Å². The number of rotatable bonds is 7. The number of hydrogen-bond acceptors (Lipinski definition) is 7. The Morgan fingerprint density at radius 2 is 2.03 bits per heavy atom. The second-order valence-electron chi connectivity index (χ2n) is 8.75. The molecule has 0 saturated heterocycles. The van der Waals surface area contributed by atoms with Crippen LogP contribution in [0.4, 0.5) is 15.8 Å². The zero-order valence-corrected chi connectivity index (χ0v) is 19.8. The number of primary amides is 1. The summed E-state index contributed by atoms with van der Waals surface area (Å²) in [5.74, 6) is -0.384. The molecule has 0 unspecified atom stereocenters. The molecule has 5 rings (SSSR count). The zero-order valence-electron chi connectivity index (χ0n) is 19.8. The number of pyridine rings is 1. The highest BCUT2D eigenvalue weighted by Crippen LogP contribution is 2.37. The Morgan fingerprint density at radius 3 is 2.72 bits per heavy atom. The first-order valence-electron chi connectivity index (χ1n) is 11.4. The number of nitrogens with zero attached hydrogens (tertiary/aromatic N) is 3. The van der Waals surface area contributed by atoms with Crippen LogP contribution in [0.5, 0.6) is 5.75 Å². The number of hydrogen-bond donors (Lipinski definition) is 2. The van der Waals surface area contributed by atoms with Gasteiger partial charge in [-0.1, -0.05) is 6.08 Å². The second-order valence-corrected chi connectivity index (χ2v) is 8.75. The summed E-state index contributed by atoms with van der Waals surface area (Å²) in [5, 5.41) is 0.831. The minimum Gasteiger partial charge on any atom is -0.496 e. The summed E-state index contributed by atoms with van der Waals surface area (Å²) in [6.45, 7) is 0.791. The number of ether oxygens (including phenoxy) is 1. The van der Waals surface area contributed by atoms with Crippen LogP contribution in [0.1, 0.15) is 12.1 Å². The Kier molecular flexibility index (Phi) is 5.79. The number of benzene rings is 1. The Balaban J connectivity index is 1.45. The average Bonchev–Trinajstić information content (AvgIpc) is 3.30. The summed E-state index contributed by atoms with van der Waals surface area (Å²) in [6, 6.07) is 8.19. The number of likely N-dealkylation sites (N-methyl/N-ethyl adjacent to an activating group) is 1. The van der Waals surface area contributed by atoms with E-state index in [-0.39, 0.29) is 18.0 Å². The summed E-state index contributed by atoms with van der Waals surface area (Å²) in [7, 11) is 3.11. The molecule has 2 aromatic heterocycles. The molecule has 36 heavy (non-hydrogen) atoms. The van der Waals surface area contributed by atoms with Crippen molar-refractivity contribution in [3.63, 3.8) is 0 Å². The predicted octanol–water partition coefficient (Wildman–Crippen LogP) is 2.19. The van der Waals surface area contributed by atoms with E-state index in [2.05, 4.69) is 9.97 Å². The SMILES string of the molecule is COc1ccc(F)cc1-c1ccnc2[nH]c(C3=CCN(c4c(N(C)CC(N)=O)c(=O)c4=O)CC3)cc12. The number of aromatic nitrogens is 2. The molecular weight excluding hydrogens is 465 g/mol. The molecule has 0 atom stereocenters. The lowest BCUT2D eigenvalue weighted by molar-refractivity contribution is -0.116. The maximum Gasteiger partial charge on any atom is 0.253 e. The van der Waals surface area contributed by atoms with E-state index < -0.39 is 16.8 Å². The van der Waals surface area contributed by atoms with Gasteiger partial charge >= 0.3 is 0 Å². The highest BCUT2D eigenvalue weighted by atomic mass is 19.1. The Bertz CT molecular complexity index is 1600. The first kappa shape index (κ1) is 23.3. The van der Waals surface area contributed by atoms with Gasteiger partial charge < -0.3 is 25.3 Å². The standard InChI is InChI=1S/C26H24FN5O4/c1-31(13-21(28)33)22-23(25(35)24(22)34)32-9-6-14(7-10-32)19-12-18-16(5-8-29-26(18)30-19)17-11-15(27)3-4-20(17)36-2/h3-6,8,11-12H,7,9-10,13H2,1-2H3,(H2,28,33)(H,29,30). The van der Waals surface area contributed by atoms with Crippen LogP contribution in [0.15, 0.2) is 52.2 Å². The summed E-state index contributed by atoms with van der Waals surface area (Å²) < 4.78 is 19.5. The smallest absolute Gasteiger partial charge is 0.253 e. The molecule has 0 saturated carbocycles. The fraction of sp³-hybridized carbons (Fsp3) is 0.231. The number of anilines is 2. The number of carbonyl (C=O) groups excluding carboxylic acids is 1. The third-order valence-electron chi connectivity index (χ3n) is 6.49. The lowest BCUT2D eigenvalue weighted by Crippen LogP contribution is -2.47. The molecule has 3 heterocycles. The Morgan fingerprint density at radius 1 is 1.22 bits per heavy atom. The van der Waals surface area contributed by atoms with Gasteiger partial charge in [-0.2, -0.15) is 0 Å². The zero-order chi connectivity index (χ0) is 25.6. The molecule has 10 heteroatoms. The molecule has 9 nitrogen and oxygen atoms in total. The van der Waals surface area contributed by atoms with Crippen molar-refractivity contribution in [2.45, 2.75) is 6.42 Å². The van der Waals surface area contributed by atoms with Crippen molar-refractivity contribution < 1.29 is 13.9 Å². The van der Waals surface area contributed by atoms with Crippen LogP contribution in [0.25, 0.3) is 27.7 Å². The van der Waals surface area contributed by atoms with Crippen LogP contribution < -0.4 is 31.1 Å². The first-order valence-corrected chi connectivity index (χ1v) is 11.4. The Labute approximate surface area is 205 Å². The lowest BCUT2D eigenvalue weighted by atomic mass is 10.00. The fourth-order valence-corrected chi connectivity index (χ4v) is 4.77. The van der Waals surface area contributed by atoms with Gasteiger partial charge in [-0.05, 0) is 47.9 Å². The van der Waals surface area contributed by atoms with Gasteiger partial charge in [0.1, 0.15) is 28.6 Å². The van der Waals surface area contributed by atoms with Crippen molar-refractivity contribution in [2.24, 2.45) is 5.73 Å². The number of halogens is 1. The van der Waals surface area contributed by atoms with E-state index in [1.165, 1.54) is 17.0 Å². The molecule has 0 radical (unpaired) electrons. The van der Waals surface area contributed by atoms with Gasteiger partial charge in [0.05, 0.1) is 13.7 Å². The summed E-state index contributed by atoms with van der Waals surface area (Å²) in [5.41, 5.74) is 8.62. The van der Waals surface area contributed by atoms with Gasteiger partial charge in [0.15, 0.2) is 0 Å². The molecule has 4 aromatic rings. The molecule has 1 aliphatic rings. The van der Waals surface area contributed by atoms with Gasteiger partial charge in [0.25, 0.3) is 10.9 Å². The molecule has 2 aromatic carbocycles. The van der Waals surface area contributed by atoms with Crippen molar-refractivity contribution >= 4 is 33.9 Å². The lowest BCUT2D eigenvalue weighted by Gasteiger charge is -2.32. The van der Waals surface area contributed by atoms with Crippen LogP contribution >= 0.6 is 0 Å². The van der Waals surface area contributed by atoms with E-state index in [1.54, 1.807) is 26.4 Å². The van der Waals surface area contributed by atoms with Crippen molar-refractivity contribution in [1.29, 1.82) is 0 Å². The fourth-order valence-electron chi connectivity index (χ4n) is 4.77. The first-order chi connectivity index (χ1) is 17.3. The van der Waals surface area contributed by atoms with Gasteiger partial charge in [0.2, 0.25) is 5.91 Å². The number of nitrogens with one attached hydrogen (secondary N) is 1. The molecule has 184 valence electrons. The van der Waals surface area contributed by atoms with Crippen molar-refractivity contribution in [1.82, 2.24) is 9.97 Å². The van der Waals surface area contributed by atoms with Crippen LogP contribution in [-0.2, 0) is 4.79 Å². The van der Waals surface area contributed by atoms with E-state index in [9.17, 15) is 18.8 Å². The molecule has 1 aliphatic heterocycles. The predicted molar refractivity (Wildman–Crippen MR) is 137 cm³/mol. The second kappa shape index (κ2) is 8.95. The number of fused-ring (bicyclic) bond motifs is 1. The van der Waals surface area contributed by atoms with Crippen LogP contribution in [0, 0.1) is 5.82 Å². The average molecular weight is 490 g/mol. The molecule has 0 fully saturated rings. The largest absolute Gasteiger partial charge is 0.496 e. The quantitative estimate of drug-likeness (QED) is 0.382. The van der Waals surface area contributed by atoms with Crippen LogP contribution in [0.2, 0.25) is 0 Å². The number of nitrogens with two attached hydrogens (primary N) is 1. The molecule has 0 bridgehead atoms. The highest BCUT2D eigenvalue weighted by Gasteiger charge is 2.30. The molecule has 3 N–H and O–H groups in total. The van der Waals surface area contributed by atoms with Crippen molar-refractivity contribution in [3.8, 4) is 16.9 Å². The third-order valence-corrected chi connectivity index (χ3v) is 6.49. The van der Waals surface area contributed by atoms with E-state index in [0.29, 0.717) is 42.2 Å². The van der Waals surface area contributed by atoms with Gasteiger partial charge in [-0.25, -0.2) is 9.37 Å². The van der Waals surface area contributed by atoms with E-state index in [4.69, 9.17) is 10.5 Å². The number of carbonyl (C=O) groups is 1.